The second-order valence-corrected chi connectivity index (χ2v) is 5.06. The third-order valence-electron chi connectivity index (χ3n) is 2.62. The molecule has 0 saturated heterocycles. The summed E-state index contributed by atoms with van der Waals surface area (Å²) in [4.78, 5) is 23.6. The summed E-state index contributed by atoms with van der Waals surface area (Å²) in [5.74, 6) is -0.232. The number of aryl methyl sites for hydroxylation is 1. The maximum absolute atomic E-state index is 11.8. The van der Waals surface area contributed by atoms with Gasteiger partial charge in [0.25, 0.3) is 5.56 Å². The van der Waals surface area contributed by atoms with E-state index in [1.807, 2.05) is 31.2 Å². The zero-order chi connectivity index (χ0) is 13.8. The molecule has 2 aromatic rings. The van der Waals surface area contributed by atoms with E-state index in [4.69, 9.17) is 0 Å². The average molecular weight is 321 g/mol. The molecule has 1 heterocycles. The van der Waals surface area contributed by atoms with E-state index >= 15 is 0 Å². The zero-order valence-corrected chi connectivity index (χ0v) is 12.0. The number of benzene rings is 1. The van der Waals surface area contributed by atoms with Crippen LogP contribution in [0, 0.1) is 6.92 Å². The normalized spacial score (nSPS) is 10.2. The molecule has 0 aliphatic rings. The Morgan fingerprint density at radius 3 is 2.63 bits per heavy atom. The molecule has 98 valence electrons. The molecule has 1 aromatic carbocycles. The van der Waals surface area contributed by atoms with E-state index in [1.165, 1.54) is 4.57 Å². The Kier molecular flexibility index (Phi) is 4.16. The molecule has 0 aliphatic heterocycles. The van der Waals surface area contributed by atoms with Gasteiger partial charge in [-0.3, -0.25) is 9.59 Å². The maximum atomic E-state index is 11.8. The van der Waals surface area contributed by atoms with Gasteiger partial charge in [-0.05, 0) is 47.1 Å². The topological polar surface area (TPSA) is 51.1 Å². The van der Waals surface area contributed by atoms with Crippen LogP contribution in [0.1, 0.15) is 5.56 Å². The quantitative estimate of drug-likeness (QED) is 0.944. The molecular weight excluding hydrogens is 308 g/mol. The van der Waals surface area contributed by atoms with E-state index in [1.54, 1.807) is 18.3 Å². The minimum atomic E-state index is -0.232. The Morgan fingerprint density at radius 1 is 1.26 bits per heavy atom. The van der Waals surface area contributed by atoms with Gasteiger partial charge in [-0.25, -0.2) is 0 Å². The number of nitrogens with zero attached hydrogens (tertiary/aromatic N) is 1. The summed E-state index contributed by atoms with van der Waals surface area (Å²) in [7, 11) is 0. The fraction of sp³-hybridized carbons (Fsp3) is 0.143. The van der Waals surface area contributed by atoms with Crippen LogP contribution in [0.3, 0.4) is 0 Å². The predicted octanol–water partition coefficient (Wildman–Crippen LogP) is 2.56. The van der Waals surface area contributed by atoms with Crippen molar-refractivity contribution in [2.24, 2.45) is 0 Å². The first-order valence-electron chi connectivity index (χ1n) is 5.78. The molecule has 5 heteroatoms. The number of aromatic nitrogens is 1. The lowest BCUT2D eigenvalue weighted by Crippen LogP contribution is -2.27. The highest BCUT2D eigenvalue weighted by Crippen LogP contribution is 2.08. The van der Waals surface area contributed by atoms with Gasteiger partial charge >= 0.3 is 0 Å². The number of pyridine rings is 1. The van der Waals surface area contributed by atoms with Crippen LogP contribution >= 0.6 is 15.9 Å². The molecule has 1 N–H and O–H groups in total. The fourth-order valence-electron chi connectivity index (χ4n) is 1.62. The van der Waals surface area contributed by atoms with Crippen molar-refractivity contribution in [2.45, 2.75) is 13.5 Å². The Morgan fingerprint density at radius 2 is 1.95 bits per heavy atom. The van der Waals surface area contributed by atoms with Crippen molar-refractivity contribution in [3.05, 3.63) is 63.0 Å². The van der Waals surface area contributed by atoms with Crippen molar-refractivity contribution >= 4 is 27.5 Å². The molecule has 4 nitrogen and oxygen atoms in total. The maximum Gasteiger partial charge on any atom is 0.265 e. The molecule has 0 saturated carbocycles. The monoisotopic (exact) mass is 320 g/mol. The highest BCUT2D eigenvalue weighted by Gasteiger charge is 2.06. The van der Waals surface area contributed by atoms with Gasteiger partial charge in [-0.2, -0.15) is 0 Å². The molecule has 0 bridgehead atoms. The molecule has 19 heavy (non-hydrogen) atoms. The molecular formula is C14H13BrN2O2. The van der Waals surface area contributed by atoms with E-state index in [9.17, 15) is 9.59 Å². The van der Waals surface area contributed by atoms with Crippen molar-refractivity contribution in [2.75, 3.05) is 5.32 Å². The van der Waals surface area contributed by atoms with E-state index in [2.05, 4.69) is 21.2 Å². The highest BCUT2D eigenvalue weighted by molar-refractivity contribution is 9.10. The smallest absolute Gasteiger partial charge is 0.265 e. The lowest BCUT2D eigenvalue weighted by molar-refractivity contribution is -0.116. The number of anilines is 1. The molecule has 0 atom stereocenters. The Bertz CT molecular complexity index is 647. The van der Waals surface area contributed by atoms with Crippen LogP contribution in [-0.4, -0.2) is 10.5 Å². The molecule has 1 amide bonds. The van der Waals surface area contributed by atoms with Gasteiger partial charge < -0.3 is 9.88 Å². The van der Waals surface area contributed by atoms with Crippen molar-refractivity contribution in [1.82, 2.24) is 4.57 Å². The third kappa shape index (κ3) is 3.54. The number of hydrogen-bond acceptors (Lipinski definition) is 2. The molecule has 0 unspecified atom stereocenters. The van der Waals surface area contributed by atoms with Crippen LogP contribution in [0.15, 0.2) is 51.9 Å². The van der Waals surface area contributed by atoms with Crippen LogP contribution in [0.4, 0.5) is 5.69 Å². The number of carbonyl (C=O) groups is 1. The van der Waals surface area contributed by atoms with Crippen molar-refractivity contribution in [1.29, 1.82) is 0 Å². The first kappa shape index (κ1) is 13.5. The van der Waals surface area contributed by atoms with Crippen LogP contribution in [-0.2, 0) is 11.3 Å². The van der Waals surface area contributed by atoms with E-state index < -0.39 is 0 Å². The third-order valence-corrected chi connectivity index (χ3v) is 3.23. The van der Waals surface area contributed by atoms with E-state index in [0.717, 1.165) is 11.3 Å². The van der Waals surface area contributed by atoms with Gasteiger partial charge in [-0.15, -0.1) is 0 Å². The van der Waals surface area contributed by atoms with Crippen LogP contribution < -0.4 is 10.9 Å². The van der Waals surface area contributed by atoms with Crippen LogP contribution in [0.2, 0.25) is 0 Å². The Balaban J connectivity index is 2.07. The summed E-state index contributed by atoms with van der Waals surface area (Å²) >= 11 is 3.15. The lowest BCUT2D eigenvalue weighted by atomic mass is 10.2. The Hall–Kier alpha value is -1.88. The first-order chi connectivity index (χ1) is 9.06. The van der Waals surface area contributed by atoms with Gasteiger partial charge in [0, 0.05) is 11.9 Å². The molecule has 0 aliphatic carbocycles. The second kappa shape index (κ2) is 5.84. The minimum Gasteiger partial charge on any atom is -0.325 e. The fourth-order valence-corrected chi connectivity index (χ4v) is 2.00. The molecule has 0 radical (unpaired) electrons. The summed E-state index contributed by atoms with van der Waals surface area (Å²) in [5.41, 5.74) is 1.63. The second-order valence-electron chi connectivity index (χ2n) is 4.20. The molecule has 0 spiro atoms. The van der Waals surface area contributed by atoms with Crippen LogP contribution in [0.25, 0.3) is 0 Å². The van der Waals surface area contributed by atoms with Gasteiger partial charge in [-0.1, -0.05) is 17.7 Å². The van der Waals surface area contributed by atoms with E-state index in [0.29, 0.717) is 4.47 Å². The highest BCUT2D eigenvalue weighted by atomic mass is 79.9. The first-order valence-corrected chi connectivity index (χ1v) is 6.57. The van der Waals surface area contributed by atoms with E-state index in [-0.39, 0.29) is 18.0 Å². The van der Waals surface area contributed by atoms with Gasteiger partial charge in [0.05, 0.1) is 4.47 Å². The molecule has 2 rings (SSSR count). The van der Waals surface area contributed by atoms with Crippen molar-refractivity contribution in [3.63, 3.8) is 0 Å². The average Bonchev–Trinajstić information content (AvgIpc) is 2.38. The van der Waals surface area contributed by atoms with Crippen molar-refractivity contribution in [3.8, 4) is 0 Å². The zero-order valence-electron chi connectivity index (χ0n) is 10.4. The largest absolute Gasteiger partial charge is 0.325 e. The SMILES string of the molecule is Cc1ccc(NC(=O)Cn2cccc(Br)c2=O)cc1. The number of halogens is 1. The predicted molar refractivity (Wildman–Crippen MR) is 78.2 cm³/mol. The summed E-state index contributed by atoms with van der Waals surface area (Å²) in [6.07, 6.45) is 1.59. The standard InChI is InChI=1S/C14H13BrN2O2/c1-10-4-6-11(7-5-10)16-13(18)9-17-8-2-3-12(15)14(17)19/h2-8H,9H2,1H3,(H,16,18). The van der Waals surface area contributed by atoms with Gasteiger partial charge in [0.1, 0.15) is 6.54 Å². The summed E-state index contributed by atoms with van der Waals surface area (Å²) in [6.45, 7) is 1.97. The number of nitrogens with one attached hydrogen (secondary N) is 1. The summed E-state index contributed by atoms with van der Waals surface area (Å²) in [6, 6.07) is 10.9. The Labute approximate surface area is 119 Å². The number of rotatable bonds is 3. The van der Waals surface area contributed by atoms with Gasteiger partial charge in [0.2, 0.25) is 5.91 Å². The van der Waals surface area contributed by atoms with Crippen LogP contribution in [0.5, 0.6) is 0 Å². The number of carbonyl (C=O) groups excluding carboxylic acids is 1. The molecule has 0 fully saturated rings. The number of hydrogen-bond donors (Lipinski definition) is 1. The van der Waals surface area contributed by atoms with Crippen molar-refractivity contribution < 1.29 is 4.79 Å². The minimum absolute atomic E-state index is 0.00779. The molecule has 1 aromatic heterocycles. The lowest BCUT2D eigenvalue weighted by Gasteiger charge is -2.07. The summed E-state index contributed by atoms with van der Waals surface area (Å²) in [5, 5.41) is 2.75. The van der Waals surface area contributed by atoms with Gasteiger partial charge in [0.15, 0.2) is 0 Å². The number of amides is 1. The summed E-state index contributed by atoms with van der Waals surface area (Å²) < 4.78 is 1.80.